The maximum absolute atomic E-state index is 13.1. The molecule has 0 spiro atoms. The number of methoxy groups -OCH3 is 2. The van der Waals surface area contributed by atoms with Crippen LogP contribution in [-0.2, 0) is 20.7 Å². The van der Waals surface area contributed by atoms with E-state index >= 15 is 0 Å². The lowest BCUT2D eigenvalue weighted by Gasteiger charge is -2.62. The van der Waals surface area contributed by atoms with E-state index < -0.39 is 23.4 Å². The maximum Gasteiger partial charge on any atom is 0.237 e. The molecule has 0 saturated carbocycles. The molecule has 3 unspecified atom stereocenters. The number of hydrogen-bond acceptors (Lipinski definition) is 13. The average Bonchev–Trinajstić information content (AvgIpc) is 3.55. The largest absolute Gasteiger partial charge is 0.507 e. The summed E-state index contributed by atoms with van der Waals surface area (Å²) in [6.45, 7) is 4.82. The third kappa shape index (κ3) is 4.90. The van der Waals surface area contributed by atoms with Crippen LogP contribution in [0.1, 0.15) is 50.7 Å². The highest BCUT2D eigenvalue weighted by molar-refractivity contribution is 7.99. The molecule has 13 nitrogen and oxygen atoms in total. The van der Waals surface area contributed by atoms with E-state index in [-0.39, 0.29) is 49.9 Å². The Morgan fingerprint density at radius 3 is 2.70 bits per heavy atom. The van der Waals surface area contributed by atoms with Crippen LogP contribution in [0.4, 0.5) is 0 Å². The highest BCUT2D eigenvalue weighted by Crippen LogP contribution is 2.63. The zero-order chi connectivity index (χ0) is 33.1. The lowest BCUT2D eigenvalue weighted by atomic mass is 9.71. The van der Waals surface area contributed by atoms with Gasteiger partial charge in [-0.15, -0.1) is 11.8 Å². The van der Waals surface area contributed by atoms with Gasteiger partial charge in [-0.25, -0.2) is 0 Å². The summed E-state index contributed by atoms with van der Waals surface area (Å²) < 4.78 is 35.2. The second-order valence-electron chi connectivity index (χ2n) is 12.7. The highest BCUT2D eigenvalue weighted by atomic mass is 32.2. The third-order valence-corrected chi connectivity index (χ3v) is 11.7. The second-order valence-corrected chi connectivity index (χ2v) is 13.8. The van der Waals surface area contributed by atoms with Crippen molar-refractivity contribution in [2.75, 3.05) is 60.4 Å². The van der Waals surface area contributed by atoms with Gasteiger partial charge in [-0.1, -0.05) is 6.07 Å². The topological polar surface area (TPSA) is 161 Å². The van der Waals surface area contributed by atoms with Crippen LogP contribution in [0.2, 0.25) is 0 Å². The van der Waals surface area contributed by atoms with Crippen molar-refractivity contribution in [2.45, 2.75) is 61.8 Å². The minimum Gasteiger partial charge on any atom is -0.507 e. The molecule has 2 saturated heterocycles. The monoisotopic (exact) mass is 667 g/mol. The Labute approximate surface area is 278 Å². The summed E-state index contributed by atoms with van der Waals surface area (Å²) in [4.78, 5) is 17.6. The van der Waals surface area contributed by atoms with Gasteiger partial charge >= 0.3 is 0 Å². The number of carbonyl (C=O) groups is 1. The number of phenolic OH excluding ortho intramolecular Hbond substituents is 1. The number of hydrogen-bond donors (Lipinski definition) is 3. The number of rotatable bonds is 7. The SMILES string of the molecule is COCCOCOc1c(OC)c(C)cc2c1C1[C@@H]3[C@@H]4SCC(N)C(=O)NC[C@@H](c5c6c(c(C)c(O)c54)OCO6)N3[C@@H](C#N)C(C2)N1C. The fourth-order valence-electron chi connectivity index (χ4n) is 8.25. The number of carbonyl (C=O) groups excluding carboxylic acids is 1. The predicted molar refractivity (Wildman–Crippen MR) is 172 cm³/mol. The minimum absolute atomic E-state index is 0.00133. The fraction of sp³-hybridized carbons (Fsp3) is 0.576. The van der Waals surface area contributed by atoms with Crippen molar-refractivity contribution in [2.24, 2.45) is 5.73 Å². The lowest BCUT2D eigenvalue weighted by molar-refractivity contribution is -0.123. The number of aryl methyl sites for hydroxylation is 1. The Morgan fingerprint density at radius 2 is 1.96 bits per heavy atom. The molecule has 5 heterocycles. The molecule has 7 atom stereocenters. The van der Waals surface area contributed by atoms with Crippen LogP contribution in [-0.4, -0.2) is 105 Å². The van der Waals surface area contributed by atoms with Crippen molar-refractivity contribution in [1.82, 2.24) is 15.1 Å². The molecule has 252 valence electrons. The van der Waals surface area contributed by atoms with Gasteiger partial charge in [0.15, 0.2) is 29.8 Å². The van der Waals surface area contributed by atoms with Gasteiger partial charge in [-0.05, 0) is 38.4 Å². The molecule has 47 heavy (non-hydrogen) atoms. The van der Waals surface area contributed by atoms with Gasteiger partial charge in [0, 0.05) is 53.7 Å². The standard InChI is InChI=1S/C33H41N5O8S/c1-15-8-17-9-19-20(10-34)38-21-11-36-33(40)18(35)12-47-32(24-23(21)31-29(45-14-46-31)16(2)27(24)39)26(38)25(37(19)3)22(17)30(28(15)42-5)44-13-43-7-6-41-4/h8,18-21,25-26,32,39H,6-7,9,11-14,35H2,1-5H3,(H,36,40)/t18?,19?,20-,21-,25?,26+,32+/m0/s1. The van der Waals surface area contributed by atoms with E-state index in [1.54, 1.807) is 14.2 Å². The van der Waals surface area contributed by atoms with E-state index in [2.05, 4.69) is 34.3 Å². The summed E-state index contributed by atoms with van der Waals surface area (Å²) in [5.41, 5.74) is 11.4. The molecular weight excluding hydrogens is 626 g/mol. The van der Waals surface area contributed by atoms with Gasteiger partial charge in [-0.3, -0.25) is 14.6 Å². The number of thioether (sulfide) groups is 1. The first-order chi connectivity index (χ1) is 22.7. The van der Waals surface area contributed by atoms with Crippen LogP contribution in [0.15, 0.2) is 6.07 Å². The van der Waals surface area contributed by atoms with Crippen LogP contribution in [0.5, 0.6) is 28.7 Å². The molecule has 5 aliphatic heterocycles. The van der Waals surface area contributed by atoms with Gasteiger partial charge < -0.3 is 44.6 Å². The van der Waals surface area contributed by atoms with Crippen molar-refractivity contribution in [3.63, 3.8) is 0 Å². The summed E-state index contributed by atoms with van der Waals surface area (Å²) in [5.74, 6) is 2.44. The number of nitrogens with one attached hydrogen (secondary N) is 1. The molecule has 2 aromatic carbocycles. The average molecular weight is 668 g/mol. The first-order valence-electron chi connectivity index (χ1n) is 15.8. The number of nitriles is 1. The second kappa shape index (κ2) is 12.5. The van der Waals surface area contributed by atoms with Gasteiger partial charge in [-0.2, -0.15) is 5.26 Å². The Morgan fingerprint density at radius 1 is 1.17 bits per heavy atom. The molecule has 2 fully saturated rings. The van der Waals surface area contributed by atoms with Gasteiger partial charge in [0.25, 0.3) is 0 Å². The number of nitrogens with two attached hydrogens (primary N) is 1. The lowest BCUT2D eigenvalue weighted by Crippen LogP contribution is -2.69. The van der Waals surface area contributed by atoms with E-state index in [9.17, 15) is 15.2 Å². The first-order valence-corrected chi connectivity index (χ1v) is 16.9. The van der Waals surface area contributed by atoms with Crippen LogP contribution in [0, 0.1) is 25.2 Å². The van der Waals surface area contributed by atoms with Crippen molar-refractivity contribution in [3.8, 4) is 34.8 Å². The number of likely N-dealkylation sites (N-methyl/N-ethyl adjacent to an activating group) is 1. The summed E-state index contributed by atoms with van der Waals surface area (Å²) in [6.07, 6.45) is 0.598. The number of nitrogens with zero attached hydrogens (tertiary/aromatic N) is 3. The molecule has 4 bridgehead atoms. The Balaban J connectivity index is 1.47. The molecule has 14 heteroatoms. The third-order valence-electron chi connectivity index (χ3n) is 10.3. The van der Waals surface area contributed by atoms with E-state index in [1.165, 1.54) is 11.8 Å². The fourth-order valence-corrected chi connectivity index (χ4v) is 9.71. The molecular formula is C33H41N5O8S. The van der Waals surface area contributed by atoms with Crippen LogP contribution < -0.4 is 30.0 Å². The smallest absolute Gasteiger partial charge is 0.237 e. The zero-order valence-electron chi connectivity index (χ0n) is 27.2. The normalized spacial score (nSPS) is 29.3. The molecule has 1 amide bonds. The quantitative estimate of drug-likeness (QED) is 0.292. The van der Waals surface area contributed by atoms with Gasteiger partial charge in [0.1, 0.15) is 11.8 Å². The van der Waals surface area contributed by atoms with E-state index in [0.717, 1.165) is 27.8 Å². The molecule has 2 aromatic rings. The summed E-state index contributed by atoms with van der Waals surface area (Å²) in [7, 11) is 5.31. The van der Waals surface area contributed by atoms with Crippen molar-refractivity contribution < 1.29 is 38.3 Å². The van der Waals surface area contributed by atoms with Gasteiger partial charge in [0.05, 0.1) is 49.8 Å². The molecule has 0 aliphatic carbocycles. The first kappa shape index (κ1) is 32.1. The van der Waals surface area contributed by atoms with Gasteiger partial charge in [0.2, 0.25) is 12.7 Å². The number of phenols is 1. The highest BCUT2D eigenvalue weighted by Gasteiger charge is 2.60. The number of piperazine rings is 1. The number of fused-ring (bicyclic) bond motifs is 9. The Hall–Kier alpha value is -3.45. The molecule has 4 N–H and O–H groups in total. The molecule has 0 aromatic heterocycles. The summed E-state index contributed by atoms with van der Waals surface area (Å²) in [5, 5.41) is 25.5. The number of aromatic hydroxyl groups is 1. The summed E-state index contributed by atoms with van der Waals surface area (Å²) >= 11 is 1.52. The van der Waals surface area contributed by atoms with Crippen molar-refractivity contribution in [1.29, 1.82) is 5.26 Å². The van der Waals surface area contributed by atoms with Crippen LogP contribution >= 0.6 is 11.8 Å². The summed E-state index contributed by atoms with van der Waals surface area (Å²) in [6, 6.07) is 2.17. The number of amides is 1. The van der Waals surface area contributed by atoms with Crippen molar-refractivity contribution >= 4 is 17.7 Å². The van der Waals surface area contributed by atoms with Crippen molar-refractivity contribution in [3.05, 3.63) is 39.4 Å². The number of benzene rings is 2. The minimum atomic E-state index is -0.751. The van der Waals surface area contributed by atoms with Crippen LogP contribution in [0.3, 0.4) is 0 Å². The molecule has 5 aliphatic rings. The Bertz CT molecular complexity index is 1630. The molecule has 0 radical (unpaired) electrons. The zero-order valence-corrected chi connectivity index (χ0v) is 28.0. The maximum atomic E-state index is 13.1. The van der Waals surface area contributed by atoms with E-state index in [0.29, 0.717) is 53.9 Å². The number of ether oxygens (including phenoxy) is 6. The molecule has 7 rings (SSSR count). The van der Waals surface area contributed by atoms with Crippen LogP contribution in [0.25, 0.3) is 0 Å². The Kier molecular flexibility index (Phi) is 8.57. The predicted octanol–water partition coefficient (Wildman–Crippen LogP) is 2.21. The van der Waals surface area contributed by atoms with E-state index in [4.69, 9.17) is 34.2 Å². The van der Waals surface area contributed by atoms with E-state index in [1.807, 2.05) is 13.8 Å².